The molecular weight excluding hydrogens is 172 g/mol. The summed E-state index contributed by atoms with van der Waals surface area (Å²) in [6.45, 7) is 1.47. The van der Waals surface area contributed by atoms with E-state index in [4.69, 9.17) is 11.7 Å². The normalized spacial score (nSPS) is 14.3. The first-order valence-electron chi connectivity index (χ1n) is 3.16. The highest BCUT2D eigenvalue weighted by Crippen LogP contribution is 2.23. The highest BCUT2D eigenvalue weighted by molar-refractivity contribution is 7.12. The topological polar surface area (TPSA) is 56.9 Å². The molecule has 0 aliphatic rings. The van der Waals surface area contributed by atoms with Gasteiger partial charge in [0.05, 0.1) is 6.20 Å². The minimum atomic E-state index is -1.36. The molecule has 1 heterocycles. The summed E-state index contributed by atoms with van der Waals surface area (Å²) >= 11 is 1.10. The third-order valence-corrected chi connectivity index (χ3v) is 2.43. The zero-order valence-electron chi connectivity index (χ0n) is 6.40. The molecule has 1 N–H and O–H groups in total. The number of nitrogens with zero attached hydrogens (tertiary/aromatic N) is 2. The summed E-state index contributed by atoms with van der Waals surface area (Å²) < 4.78 is 0. The lowest BCUT2D eigenvalue weighted by Crippen LogP contribution is -2.17. The zero-order chi connectivity index (χ0) is 9.19. The molecule has 0 saturated carbocycles. The van der Waals surface area contributed by atoms with Gasteiger partial charge in [-0.2, -0.15) is 5.26 Å². The van der Waals surface area contributed by atoms with Crippen LogP contribution in [-0.2, 0) is 5.60 Å². The van der Waals surface area contributed by atoms with Crippen LogP contribution in [0.25, 0.3) is 0 Å². The van der Waals surface area contributed by atoms with E-state index >= 15 is 0 Å². The van der Waals surface area contributed by atoms with Gasteiger partial charge in [-0.05, 0) is 6.92 Å². The summed E-state index contributed by atoms with van der Waals surface area (Å²) in [7, 11) is 0. The van der Waals surface area contributed by atoms with Crippen LogP contribution in [0.5, 0.6) is 0 Å². The van der Waals surface area contributed by atoms with E-state index in [1.807, 2.05) is 6.07 Å². The lowest BCUT2D eigenvalue weighted by molar-refractivity contribution is 0.122. The van der Waals surface area contributed by atoms with Crippen LogP contribution in [0.1, 0.15) is 16.8 Å². The largest absolute Gasteiger partial charge is 0.371 e. The van der Waals surface area contributed by atoms with Crippen molar-refractivity contribution in [2.24, 2.45) is 0 Å². The second kappa shape index (κ2) is 2.94. The Morgan fingerprint density at radius 1 is 1.83 bits per heavy atom. The summed E-state index contributed by atoms with van der Waals surface area (Å²) in [6, 6.07) is 1.92. The van der Waals surface area contributed by atoms with E-state index in [1.165, 1.54) is 13.1 Å². The molecule has 0 bridgehead atoms. The van der Waals surface area contributed by atoms with E-state index in [1.54, 1.807) is 0 Å². The predicted octanol–water partition coefficient (Wildman–Crippen LogP) is 0.855. The third-order valence-electron chi connectivity index (χ3n) is 1.31. The summed E-state index contributed by atoms with van der Waals surface area (Å²) in [5.74, 6) is 2.19. The molecule has 4 heteroatoms. The van der Waals surface area contributed by atoms with Crippen LogP contribution in [-0.4, -0.2) is 10.1 Å². The molecule has 0 aromatic carbocycles. The van der Waals surface area contributed by atoms with Crippen LogP contribution >= 0.6 is 11.3 Å². The second-order valence-electron chi connectivity index (χ2n) is 2.36. The maximum absolute atomic E-state index is 9.51. The number of thiazole rings is 1. The Kier molecular flexibility index (Phi) is 2.14. The standard InChI is InChI=1S/C8H6N2OS/c1-3-8(2,11)7-10-5-6(4-9)12-7/h1,5,11H,2H3/t8-/m0/s1. The van der Waals surface area contributed by atoms with Crippen molar-refractivity contribution in [2.75, 3.05) is 0 Å². The van der Waals surface area contributed by atoms with E-state index in [9.17, 15) is 5.11 Å². The average Bonchev–Trinajstić information content (AvgIpc) is 2.52. The lowest BCUT2D eigenvalue weighted by atomic mass is 10.1. The number of aromatic nitrogens is 1. The molecular formula is C8H6N2OS. The van der Waals surface area contributed by atoms with Crippen molar-refractivity contribution < 1.29 is 5.11 Å². The van der Waals surface area contributed by atoms with E-state index in [0.29, 0.717) is 9.88 Å². The highest BCUT2D eigenvalue weighted by Gasteiger charge is 2.23. The van der Waals surface area contributed by atoms with Gasteiger partial charge >= 0.3 is 0 Å². The van der Waals surface area contributed by atoms with E-state index < -0.39 is 5.60 Å². The van der Waals surface area contributed by atoms with Gasteiger partial charge in [-0.1, -0.05) is 5.92 Å². The van der Waals surface area contributed by atoms with Gasteiger partial charge in [0.2, 0.25) is 0 Å². The molecule has 3 nitrogen and oxygen atoms in total. The van der Waals surface area contributed by atoms with E-state index in [0.717, 1.165) is 11.3 Å². The molecule has 1 aromatic heterocycles. The predicted molar refractivity (Wildman–Crippen MR) is 45.2 cm³/mol. The third kappa shape index (κ3) is 1.45. The molecule has 0 aliphatic heterocycles. The fourth-order valence-corrected chi connectivity index (χ4v) is 1.34. The number of hydrogen-bond acceptors (Lipinski definition) is 4. The fraction of sp³-hybridized carbons (Fsp3) is 0.250. The van der Waals surface area contributed by atoms with Crippen LogP contribution in [0.15, 0.2) is 6.20 Å². The van der Waals surface area contributed by atoms with Gasteiger partial charge in [-0.3, -0.25) is 0 Å². The van der Waals surface area contributed by atoms with Gasteiger partial charge in [0.15, 0.2) is 5.60 Å². The summed E-state index contributed by atoms with van der Waals surface area (Å²) in [5.41, 5.74) is -1.36. The Balaban J connectivity index is 3.08. The number of hydrogen-bond donors (Lipinski definition) is 1. The van der Waals surface area contributed by atoms with Crippen molar-refractivity contribution in [3.05, 3.63) is 16.1 Å². The molecule has 0 aliphatic carbocycles. The molecule has 0 fully saturated rings. The first kappa shape index (κ1) is 8.73. The van der Waals surface area contributed by atoms with Crippen LogP contribution in [0.3, 0.4) is 0 Å². The van der Waals surface area contributed by atoms with Crippen molar-refractivity contribution in [2.45, 2.75) is 12.5 Å². The first-order valence-corrected chi connectivity index (χ1v) is 3.98. The second-order valence-corrected chi connectivity index (χ2v) is 3.39. The Bertz CT molecular complexity index is 367. The quantitative estimate of drug-likeness (QED) is 0.649. The highest BCUT2D eigenvalue weighted by atomic mass is 32.1. The maximum Gasteiger partial charge on any atom is 0.174 e. The smallest absolute Gasteiger partial charge is 0.174 e. The molecule has 0 spiro atoms. The summed E-state index contributed by atoms with van der Waals surface area (Å²) in [6.07, 6.45) is 6.47. The van der Waals surface area contributed by atoms with Gasteiger partial charge in [-0.15, -0.1) is 17.8 Å². The van der Waals surface area contributed by atoms with E-state index in [2.05, 4.69) is 10.9 Å². The number of rotatable bonds is 1. The first-order chi connectivity index (χ1) is 5.60. The molecule has 0 unspecified atom stereocenters. The van der Waals surface area contributed by atoms with Crippen LogP contribution < -0.4 is 0 Å². The molecule has 12 heavy (non-hydrogen) atoms. The van der Waals surface area contributed by atoms with Crippen molar-refractivity contribution in [1.82, 2.24) is 4.98 Å². The van der Waals surface area contributed by atoms with Crippen LogP contribution in [0, 0.1) is 23.7 Å². The van der Waals surface area contributed by atoms with Crippen molar-refractivity contribution >= 4 is 11.3 Å². The molecule has 0 radical (unpaired) electrons. The Morgan fingerprint density at radius 2 is 2.50 bits per heavy atom. The molecule has 0 amide bonds. The van der Waals surface area contributed by atoms with E-state index in [-0.39, 0.29) is 0 Å². The van der Waals surface area contributed by atoms with Crippen LogP contribution in [0.2, 0.25) is 0 Å². The molecule has 60 valence electrons. The lowest BCUT2D eigenvalue weighted by Gasteiger charge is -2.10. The number of aliphatic hydroxyl groups is 1. The monoisotopic (exact) mass is 178 g/mol. The van der Waals surface area contributed by atoms with Gasteiger partial charge in [0, 0.05) is 0 Å². The van der Waals surface area contributed by atoms with Crippen molar-refractivity contribution in [3.63, 3.8) is 0 Å². The minimum absolute atomic E-state index is 0.376. The van der Waals surface area contributed by atoms with Gasteiger partial charge in [0.25, 0.3) is 0 Å². The van der Waals surface area contributed by atoms with Crippen molar-refractivity contribution in [3.8, 4) is 18.4 Å². The minimum Gasteiger partial charge on any atom is -0.371 e. The van der Waals surface area contributed by atoms with Gasteiger partial charge < -0.3 is 5.11 Å². The Hall–Kier alpha value is -1.36. The van der Waals surface area contributed by atoms with Gasteiger partial charge in [-0.25, -0.2) is 4.98 Å². The summed E-state index contributed by atoms with van der Waals surface area (Å²) in [4.78, 5) is 4.28. The van der Waals surface area contributed by atoms with Crippen molar-refractivity contribution in [1.29, 1.82) is 5.26 Å². The average molecular weight is 178 g/mol. The Morgan fingerprint density at radius 3 is 2.92 bits per heavy atom. The number of nitriles is 1. The molecule has 1 atom stereocenters. The zero-order valence-corrected chi connectivity index (χ0v) is 7.22. The molecule has 1 rings (SSSR count). The Labute approximate surface area is 74.3 Å². The molecule has 0 saturated heterocycles. The maximum atomic E-state index is 9.51. The summed E-state index contributed by atoms with van der Waals surface area (Å²) in [5, 5.41) is 18.4. The fourth-order valence-electron chi connectivity index (χ4n) is 0.613. The molecule has 1 aromatic rings. The van der Waals surface area contributed by atoms with Gasteiger partial charge in [0.1, 0.15) is 16.0 Å². The number of terminal acetylenes is 1. The SMILES string of the molecule is C#C[C@](C)(O)c1ncc(C#N)s1. The van der Waals surface area contributed by atoms with Crippen LogP contribution in [0.4, 0.5) is 0 Å².